The molecule has 7 nitrogen and oxygen atoms in total. The van der Waals surface area contributed by atoms with E-state index in [1.807, 2.05) is 23.2 Å². The molecular formula is C26H33N5O2. The predicted molar refractivity (Wildman–Crippen MR) is 127 cm³/mol. The number of hydrogen-bond donors (Lipinski definition) is 3. The summed E-state index contributed by atoms with van der Waals surface area (Å²) in [5.74, 6) is 1.28. The highest BCUT2D eigenvalue weighted by Crippen LogP contribution is 2.35. The van der Waals surface area contributed by atoms with Crippen LogP contribution in [0, 0.1) is 11.8 Å². The third-order valence-electron chi connectivity index (χ3n) is 7.77. The fraction of sp³-hybridized carbons (Fsp3) is 0.500. The van der Waals surface area contributed by atoms with E-state index < -0.39 is 5.91 Å². The maximum atomic E-state index is 13.3. The van der Waals surface area contributed by atoms with Gasteiger partial charge in [0, 0.05) is 54.0 Å². The molecule has 1 aliphatic carbocycles. The summed E-state index contributed by atoms with van der Waals surface area (Å²) < 4.78 is 0. The Labute approximate surface area is 195 Å². The van der Waals surface area contributed by atoms with Crippen LogP contribution in [0.4, 0.5) is 0 Å². The van der Waals surface area contributed by atoms with Crippen LogP contribution in [0.2, 0.25) is 0 Å². The van der Waals surface area contributed by atoms with Crippen molar-refractivity contribution < 1.29 is 9.59 Å². The SMILES string of the molecule is CC1CCC2NNC(C(=O)N3CCC(c4ccc(-c5cccc(C(N)=O)c5)cn4)CC3)C2C1. The third kappa shape index (κ3) is 4.52. The monoisotopic (exact) mass is 447 g/mol. The Balaban J connectivity index is 1.19. The Morgan fingerprint density at radius 2 is 1.85 bits per heavy atom. The number of rotatable bonds is 4. The summed E-state index contributed by atoms with van der Waals surface area (Å²) in [6, 6.07) is 11.8. The minimum atomic E-state index is -0.431. The van der Waals surface area contributed by atoms with Gasteiger partial charge in [0.2, 0.25) is 11.8 Å². The molecule has 0 spiro atoms. The Bertz CT molecular complexity index is 1020. The summed E-state index contributed by atoms with van der Waals surface area (Å²) in [7, 11) is 0. The average Bonchev–Trinajstić information content (AvgIpc) is 3.27. The van der Waals surface area contributed by atoms with Gasteiger partial charge in [-0.1, -0.05) is 25.1 Å². The first-order chi connectivity index (χ1) is 16.0. The number of nitrogens with two attached hydrogens (primary N) is 1. The van der Waals surface area contributed by atoms with Crippen LogP contribution in [0.15, 0.2) is 42.6 Å². The summed E-state index contributed by atoms with van der Waals surface area (Å²) in [4.78, 5) is 31.5. The highest BCUT2D eigenvalue weighted by Gasteiger charge is 2.44. The summed E-state index contributed by atoms with van der Waals surface area (Å²) >= 11 is 0. The number of nitrogens with one attached hydrogen (secondary N) is 2. The fourth-order valence-corrected chi connectivity index (χ4v) is 5.78. The van der Waals surface area contributed by atoms with E-state index in [1.165, 1.54) is 6.42 Å². The van der Waals surface area contributed by atoms with E-state index in [0.717, 1.165) is 55.6 Å². The van der Waals surface area contributed by atoms with Gasteiger partial charge in [0.05, 0.1) is 0 Å². The van der Waals surface area contributed by atoms with Crippen LogP contribution in [0.1, 0.15) is 61.0 Å². The van der Waals surface area contributed by atoms with Crippen molar-refractivity contribution in [2.45, 2.75) is 57.0 Å². The number of likely N-dealkylation sites (tertiary alicyclic amines) is 1. The largest absolute Gasteiger partial charge is 0.366 e. The molecule has 2 aromatic rings. The maximum Gasteiger partial charge on any atom is 0.248 e. The molecule has 2 saturated heterocycles. The molecule has 3 fully saturated rings. The zero-order chi connectivity index (χ0) is 22.9. The molecule has 33 heavy (non-hydrogen) atoms. The maximum absolute atomic E-state index is 13.3. The van der Waals surface area contributed by atoms with Gasteiger partial charge in [0.15, 0.2) is 0 Å². The molecule has 4 N–H and O–H groups in total. The molecule has 0 bridgehead atoms. The third-order valence-corrected chi connectivity index (χ3v) is 7.77. The summed E-state index contributed by atoms with van der Waals surface area (Å²) in [6.45, 7) is 3.85. The number of carbonyl (C=O) groups excluding carboxylic acids is 2. The normalized spacial score (nSPS) is 27.8. The number of hydrogen-bond acceptors (Lipinski definition) is 5. The van der Waals surface area contributed by atoms with Gasteiger partial charge < -0.3 is 10.6 Å². The first-order valence-corrected chi connectivity index (χ1v) is 12.2. The lowest BCUT2D eigenvalue weighted by Gasteiger charge is -2.36. The second-order valence-electron chi connectivity index (χ2n) is 9.97. The summed E-state index contributed by atoms with van der Waals surface area (Å²) in [6.07, 6.45) is 7.24. The lowest BCUT2D eigenvalue weighted by molar-refractivity contribution is -0.135. The van der Waals surface area contributed by atoms with Crippen molar-refractivity contribution >= 4 is 11.8 Å². The predicted octanol–water partition coefficient (Wildman–Crippen LogP) is 2.83. The number of carbonyl (C=O) groups is 2. The second-order valence-corrected chi connectivity index (χ2v) is 9.97. The zero-order valence-electron chi connectivity index (χ0n) is 19.2. The first-order valence-electron chi connectivity index (χ1n) is 12.2. The smallest absolute Gasteiger partial charge is 0.248 e. The molecule has 174 valence electrons. The van der Waals surface area contributed by atoms with Gasteiger partial charge in [0.25, 0.3) is 0 Å². The molecule has 1 aromatic heterocycles. The molecule has 1 saturated carbocycles. The molecule has 3 heterocycles. The number of pyridine rings is 1. The number of primary amides is 1. The number of piperidine rings is 1. The number of aromatic nitrogens is 1. The van der Waals surface area contributed by atoms with Crippen molar-refractivity contribution in [2.24, 2.45) is 17.6 Å². The lowest BCUT2D eigenvalue weighted by Crippen LogP contribution is -2.50. The molecule has 3 aliphatic rings. The highest BCUT2D eigenvalue weighted by atomic mass is 16.2. The van der Waals surface area contributed by atoms with E-state index in [2.05, 4.69) is 29.9 Å². The Morgan fingerprint density at radius 1 is 1.03 bits per heavy atom. The summed E-state index contributed by atoms with van der Waals surface area (Å²) in [5, 5.41) is 0. The fourth-order valence-electron chi connectivity index (χ4n) is 5.78. The van der Waals surface area contributed by atoms with Crippen molar-refractivity contribution in [3.63, 3.8) is 0 Å². The summed E-state index contributed by atoms with van der Waals surface area (Å²) in [5.41, 5.74) is 15.5. The number of amides is 2. The van der Waals surface area contributed by atoms with Gasteiger partial charge in [-0.15, -0.1) is 0 Å². The first kappa shape index (κ1) is 22.0. The van der Waals surface area contributed by atoms with E-state index in [4.69, 9.17) is 10.7 Å². The van der Waals surface area contributed by atoms with Crippen LogP contribution in [0.5, 0.6) is 0 Å². The average molecular weight is 448 g/mol. The Morgan fingerprint density at radius 3 is 2.58 bits per heavy atom. The quantitative estimate of drug-likeness (QED) is 0.669. The Hall–Kier alpha value is -2.77. The van der Waals surface area contributed by atoms with Crippen molar-refractivity contribution in [1.29, 1.82) is 0 Å². The van der Waals surface area contributed by atoms with Gasteiger partial charge in [-0.05, 0) is 61.8 Å². The van der Waals surface area contributed by atoms with Gasteiger partial charge in [-0.3, -0.25) is 20.0 Å². The van der Waals surface area contributed by atoms with Crippen molar-refractivity contribution in [2.75, 3.05) is 13.1 Å². The lowest BCUT2D eigenvalue weighted by atomic mass is 9.76. The van der Waals surface area contributed by atoms with E-state index >= 15 is 0 Å². The molecule has 4 unspecified atom stereocenters. The number of nitrogens with zero attached hydrogens (tertiary/aromatic N) is 2. The molecule has 4 atom stereocenters. The van der Waals surface area contributed by atoms with Crippen LogP contribution >= 0.6 is 0 Å². The van der Waals surface area contributed by atoms with E-state index in [0.29, 0.717) is 29.4 Å². The van der Waals surface area contributed by atoms with Crippen LogP contribution < -0.4 is 16.6 Å². The van der Waals surface area contributed by atoms with E-state index in [1.54, 1.807) is 12.1 Å². The van der Waals surface area contributed by atoms with Crippen molar-refractivity contribution in [3.8, 4) is 11.1 Å². The van der Waals surface area contributed by atoms with Crippen molar-refractivity contribution in [1.82, 2.24) is 20.7 Å². The zero-order valence-corrected chi connectivity index (χ0v) is 19.2. The number of benzene rings is 1. The van der Waals surface area contributed by atoms with E-state index in [9.17, 15) is 9.59 Å². The standard InChI is InChI=1S/C26H33N5O2/c1-16-5-7-23-21(13-16)24(30-29-23)26(33)31-11-9-17(10-12-31)22-8-6-20(15-28-22)18-3-2-4-19(14-18)25(27)32/h2-4,6,8,14-17,21,23-24,29-30H,5,7,9-13H2,1H3,(H2,27,32). The topological polar surface area (TPSA) is 100 Å². The van der Waals surface area contributed by atoms with Crippen LogP contribution in [0.3, 0.4) is 0 Å². The Kier molecular flexibility index (Phi) is 6.17. The molecular weight excluding hydrogens is 414 g/mol. The van der Waals surface area contributed by atoms with Gasteiger partial charge >= 0.3 is 0 Å². The number of fused-ring (bicyclic) bond motifs is 1. The molecule has 2 amide bonds. The van der Waals surface area contributed by atoms with Gasteiger partial charge in [-0.2, -0.15) is 0 Å². The molecule has 2 aliphatic heterocycles. The van der Waals surface area contributed by atoms with Crippen LogP contribution in [-0.2, 0) is 4.79 Å². The van der Waals surface area contributed by atoms with Crippen LogP contribution in [-0.4, -0.2) is 46.9 Å². The highest BCUT2D eigenvalue weighted by molar-refractivity contribution is 5.94. The van der Waals surface area contributed by atoms with Gasteiger partial charge in [-0.25, -0.2) is 5.43 Å². The minimum Gasteiger partial charge on any atom is -0.366 e. The van der Waals surface area contributed by atoms with Crippen molar-refractivity contribution in [3.05, 3.63) is 53.9 Å². The second kappa shape index (κ2) is 9.23. The molecule has 5 rings (SSSR count). The molecule has 7 heteroatoms. The van der Waals surface area contributed by atoms with Crippen LogP contribution in [0.25, 0.3) is 11.1 Å². The van der Waals surface area contributed by atoms with E-state index in [-0.39, 0.29) is 11.9 Å². The number of hydrazine groups is 1. The van der Waals surface area contributed by atoms with Gasteiger partial charge in [0.1, 0.15) is 6.04 Å². The minimum absolute atomic E-state index is 0.0946. The molecule has 1 aromatic carbocycles. The molecule has 0 radical (unpaired) electrons.